The van der Waals surface area contributed by atoms with Crippen LogP contribution >= 0.6 is 24.0 Å². The number of hydrogen-bond acceptors (Lipinski definition) is 5. The van der Waals surface area contributed by atoms with E-state index in [1.54, 1.807) is 7.11 Å². The van der Waals surface area contributed by atoms with Crippen LogP contribution in [0.2, 0.25) is 0 Å². The fourth-order valence-corrected chi connectivity index (χ4v) is 4.75. The zero-order valence-corrected chi connectivity index (χ0v) is 21.3. The van der Waals surface area contributed by atoms with Gasteiger partial charge in [-0.3, -0.25) is 0 Å². The molecule has 0 bridgehead atoms. The topological polar surface area (TPSA) is 85.6 Å². The first-order valence-corrected chi connectivity index (χ1v) is 11.1. The zero-order chi connectivity index (χ0) is 20.7. The second-order valence-corrected chi connectivity index (χ2v) is 8.33. The number of halogens is 1. The van der Waals surface area contributed by atoms with Gasteiger partial charge in [-0.05, 0) is 39.5 Å². The van der Waals surface area contributed by atoms with Crippen LogP contribution in [0, 0.1) is 12.3 Å². The Morgan fingerprint density at radius 1 is 1.27 bits per heavy atom. The van der Waals surface area contributed by atoms with Crippen LogP contribution in [0.1, 0.15) is 63.5 Å². The van der Waals surface area contributed by atoms with Crippen LogP contribution in [0.5, 0.6) is 0 Å². The van der Waals surface area contributed by atoms with Crippen molar-refractivity contribution in [2.75, 3.05) is 26.9 Å². The van der Waals surface area contributed by atoms with Gasteiger partial charge in [-0.15, -0.1) is 34.2 Å². The molecule has 0 saturated heterocycles. The van der Waals surface area contributed by atoms with E-state index < -0.39 is 0 Å². The number of aliphatic imine (C=N–C) groups is 1. The molecule has 0 aromatic carbocycles. The molecule has 2 aliphatic rings. The number of aromatic nitrogens is 3. The lowest BCUT2D eigenvalue weighted by Gasteiger charge is -2.58. The van der Waals surface area contributed by atoms with Gasteiger partial charge in [-0.2, -0.15) is 0 Å². The Kier molecular flexibility index (Phi) is 10.3. The van der Waals surface area contributed by atoms with E-state index in [9.17, 15) is 0 Å². The Morgan fingerprint density at radius 2 is 2.03 bits per heavy atom. The summed E-state index contributed by atoms with van der Waals surface area (Å²) in [6, 6.07) is 0.411. The summed E-state index contributed by atoms with van der Waals surface area (Å²) in [5.74, 6) is 2.62. The Balaban J connectivity index is 0.00000320. The molecule has 2 N–H and O–H groups in total. The molecule has 8 nitrogen and oxygen atoms in total. The van der Waals surface area contributed by atoms with E-state index in [0.717, 1.165) is 50.2 Å². The van der Waals surface area contributed by atoms with Crippen LogP contribution in [-0.4, -0.2) is 59.7 Å². The highest BCUT2D eigenvalue weighted by atomic mass is 127. The number of guanidine groups is 1. The van der Waals surface area contributed by atoms with Gasteiger partial charge in [0, 0.05) is 45.4 Å². The van der Waals surface area contributed by atoms with Crippen LogP contribution in [0.15, 0.2) is 4.99 Å². The third-order valence-electron chi connectivity index (χ3n) is 6.63. The highest BCUT2D eigenvalue weighted by Gasteiger charge is 2.55. The molecule has 2 unspecified atom stereocenters. The molecule has 30 heavy (non-hydrogen) atoms. The second-order valence-electron chi connectivity index (χ2n) is 8.33. The Hall–Kier alpha value is -0.940. The lowest BCUT2D eigenvalue weighted by Crippen LogP contribution is -2.66. The summed E-state index contributed by atoms with van der Waals surface area (Å²) in [4.78, 5) is 4.83. The van der Waals surface area contributed by atoms with Gasteiger partial charge in [0.2, 0.25) is 0 Å². The molecule has 2 atom stereocenters. The highest BCUT2D eigenvalue weighted by molar-refractivity contribution is 14.0. The van der Waals surface area contributed by atoms with Crippen molar-refractivity contribution in [1.82, 2.24) is 25.4 Å². The largest absolute Gasteiger partial charge is 0.385 e. The number of nitrogens with zero attached hydrogens (tertiary/aromatic N) is 4. The minimum Gasteiger partial charge on any atom is -0.385 e. The van der Waals surface area contributed by atoms with Crippen molar-refractivity contribution in [3.8, 4) is 0 Å². The average molecular weight is 534 g/mol. The molecule has 2 saturated carbocycles. The van der Waals surface area contributed by atoms with Crippen molar-refractivity contribution < 1.29 is 9.47 Å². The molecule has 0 radical (unpaired) electrons. The van der Waals surface area contributed by atoms with Gasteiger partial charge in [0.15, 0.2) is 11.8 Å². The fourth-order valence-electron chi connectivity index (χ4n) is 4.75. The van der Waals surface area contributed by atoms with E-state index >= 15 is 0 Å². The summed E-state index contributed by atoms with van der Waals surface area (Å²) in [5.41, 5.74) is 0.255. The molecule has 2 aliphatic carbocycles. The molecule has 1 aromatic heterocycles. The molecule has 3 rings (SSSR count). The fraction of sp³-hybridized carbons (Fsp3) is 0.857. The number of aryl methyl sites for hydroxylation is 1. The molecular formula is C21H39IN6O2. The maximum atomic E-state index is 6.11. The van der Waals surface area contributed by atoms with Crippen LogP contribution in [0.25, 0.3) is 0 Å². The quantitative estimate of drug-likeness (QED) is 0.219. The van der Waals surface area contributed by atoms with Crippen LogP contribution in [0.4, 0.5) is 0 Å². The average Bonchev–Trinajstić information content (AvgIpc) is 3.06. The van der Waals surface area contributed by atoms with Crippen LogP contribution < -0.4 is 10.6 Å². The van der Waals surface area contributed by atoms with Crippen molar-refractivity contribution in [3.63, 3.8) is 0 Å². The van der Waals surface area contributed by atoms with E-state index in [1.165, 1.54) is 32.1 Å². The Labute approximate surface area is 198 Å². The molecular weight excluding hydrogens is 495 g/mol. The predicted octanol–water partition coefficient (Wildman–Crippen LogP) is 2.94. The SMILES string of the molecule is CCOC1CC(NC(=NCc2nnc(C)n2C)NCCCOC)C12CCCCC2.I. The van der Waals surface area contributed by atoms with Gasteiger partial charge < -0.3 is 24.7 Å². The molecule has 1 spiro atoms. The Bertz CT molecular complexity index is 674. The number of rotatable bonds is 9. The van der Waals surface area contributed by atoms with Gasteiger partial charge in [0.25, 0.3) is 0 Å². The first-order valence-electron chi connectivity index (χ1n) is 11.1. The molecule has 9 heteroatoms. The van der Waals surface area contributed by atoms with Crippen molar-refractivity contribution >= 4 is 29.9 Å². The number of ether oxygens (including phenoxy) is 2. The summed E-state index contributed by atoms with van der Waals surface area (Å²) < 4.78 is 13.3. The lowest BCUT2D eigenvalue weighted by molar-refractivity contribution is -0.145. The van der Waals surface area contributed by atoms with Crippen molar-refractivity contribution in [2.45, 2.75) is 77.5 Å². The van der Waals surface area contributed by atoms with Gasteiger partial charge in [-0.1, -0.05) is 19.3 Å². The standard InChI is InChI=1S/C21H38N6O2.HI/c1-5-29-18-14-17(21(18)10-7-6-8-11-21)24-20(22-12-9-13-28-4)23-15-19-26-25-16(2)27(19)3;/h17-18H,5-15H2,1-4H3,(H2,22,23,24);1H. The second kappa shape index (κ2) is 12.2. The Morgan fingerprint density at radius 3 is 2.67 bits per heavy atom. The van der Waals surface area contributed by atoms with Crippen molar-refractivity contribution in [1.29, 1.82) is 0 Å². The van der Waals surface area contributed by atoms with E-state index in [2.05, 4.69) is 27.8 Å². The van der Waals surface area contributed by atoms with Gasteiger partial charge in [-0.25, -0.2) is 4.99 Å². The smallest absolute Gasteiger partial charge is 0.191 e. The molecule has 1 heterocycles. The van der Waals surface area contributed by atoms with Gasteiger partial charge in [0.05, 0.1) is 6.10 Å². The number of nitrogens with one attached hydrogen (secondary N) is 2. The minimum absolute atomic E-state index is 0. The molecule has 2 fully saturated rings. The van der Waals surface area contributed by atoms with Gasteiger partial charge in [0.1, 0.15) is 12.4 Å². The summed E-state index contributed by atoms with van der Waals surface area (Å²) in [6.07, 6.45) is 8.80. The van der Waals surface area contributed by atoms with Crippen LogP contribution in [-0.2, 0) is 23.1 Å². The summed E-state index contributed by atoms with van der Waals surface area (Å²) in [6.45, 7) is 6.92. The monoisotopic (exact) mass is 534 g/mol. The van der Waals surface area contributed by atoms with Crippen molar-refractivity contribution in [2.24, 2.45) is 17.5 Å². The maximum Gasteiger partial charge on any atom is 0.191 e. The lowest BCUT2D eigenvalue weighted by atomic mass is 9.55. The summed E-state index contributed by atoms with van der Waals surface area (Å²) in [5, 5.41) is 15.6. The molecule has 1 aromatic rings. The van der Waals surface area contributed by atoms with E-state index in [-0.39, 0.29) is 29.4 Å². The predicted molar refractivity (Wildman–Crippen MR) is 129 cm³/mol. The minimum atomic E-state index is 0. The number of methoxy groups -OCH3 is 1. The molecule has 0 aliphatic heterocycles. The first kappa shape index (κ1) is 25.3. The summed E-state index contributed by atoms with van der Waals surface area (Å²) in [7, 11) is 3.72. The number of hydrogen-bond donors (Lipinski definition) is 2. The first-order chi connectivity index (χ1) is 14.1. The highest BCUT2D eigenvalue weighted by Crippen LogP contribution is 2.53. The van der Waals surface area contributed by atoms with Crippen molar-refractivity contribution in [3.05, 3.63) is 11.6 Å². The zero-order valence-electron chi connectivity index (χ0n) is 18.9. The third kappa shape index (κ3) is 5.85. The van der Waals surface area contributed by atoms with Crippen LogP contribution in [0.3, 0.4) is 0 Å². The van der Waals surface area contributed by atoms with E-state index in [0.29, 0.717) is 18.7 Å². The maximum absolute atomic E-state index is 6.11. The molecule has 0 amide bonds. The van der Waals surface area contributed by atoms with Gasteiger partial charge >= 0.3 is 0 Å². The third-order valence-corrected chi connectivity index (χ3v) is 6.63. The van der Waals surface area contributed by atoms with E-state index in [1.807, 2.05) is 18.5 Å². The van der Waals surface area contributed by atoms with E-state index in [4.69, 9.17) is 14.5 Å². The molecule has 172 valence electrons. The summed E-state index contributed by atoms with van der Waals surface area (Å²) >= 11 is 0. The normalized spacial score (nSPS) is 23.0.